The lowest BCUT2D eigenvalue weighted by Gasteiger charge is -2.07. The minimum Gasteiger partial charge on any atom is -0.320 e. The van der Waals surface area contributed by atoms with Gasteiger partial charge in [0.2, 0.25) is 0 Å². The standard InChI is InChI=1S/C14H14N2O/c1-3-10(2)14(17)16-12-8-4-6-11-7-5-9-15-13(11)12/h3-9H,1-2H3,(H,16,17)/b10-3+. The number of hydrogen-bond donors (Lipinski definition) is 1. The molecule has 0 aliphatic carbocycles. The van der Waals surface area contributed by atoms with E-state index in [1.54, 1.807) is 19.2 Å². The van der Waals surface area contributed by atoms with Crippen LogP contribution in [-0.4, -0.2) is 10.9 Å². The van der Waals surface area contributed by atoms with Crippen LogP contribution in [0.3, 0.4) is 0 Å². The van der Waals surface area contributed by atoms with Crippen LogP contribution in [0, 0.1) is 0 Å². The van der Waals surface area contributed by atoms with Gasteiger partial charge in [-0.1, -0.05) is 24.3 Å². The SMILES string of the molecule is C/C=C(\C)C(=O)Nc1cccc2cccnc12. The Morgan fingerprint density at radius 2 is 2.06 bits per heavy atom. The molecule has 1 aromatic heterocycles. The summed E-state index contributed by atoms with van der Waals surface area (Å²) in [7, 11) is 0. The van der Waals surface area contributed by atoms with E-state index in [1.807, 2.05) is 37.3 Å². The molecule has 0 aliphatic rings. The van der Waals surface area contributed by atoms with Crippen LogP contribution in [0.2, 0.25) is 0 Å². The summed E-state index contributed by atoms with van der Waals surface area (Å²) in [5, 5.41) is 3.88. The van der Waals surface area contributed by atoms with Gasteiger partial charge in [0.25, 0.3) is 5.91 Å². The zero-order valence-electron chi connectivity index (χ0n) is 9.90. The van der Waals surface area contributed by atoms with Gasteiger partial charge in [-0.25, -0.2) is 0 Å². The van der Waals surface area contributed by atoms with Crippen molar-refractivity contribution in [2.75, 3.05) is 5.32 Å². The Kier molecular flexibility index (Phi) is 3.19. The smallest absolute Gasteiger partial charge is 0.251 e. The highest BCUT2D eigenvalue weighted by molar-refractivity contribution is 6.07. The van der Waals surface area contributed by atoms with E-state index in [4.69, 9.17) is 0 Å². The van der Waals surface area contributed by atoms with E-state index in [9.17, 15) is 4.79 Å². The number of benzene rings is 1. The van der Waals surface area contributed by atoms with E-state index in [0.717, 1.165) is 16.6 Å². The van der Waals surface area contributed by atoms with E-state index in [1.165, 1.54) is 0 Å². The highest BCUT2D eigenvalue weighted by Gasteiger charge is 2.06. The molecule has 0 spiro atoms. The first-order chi connectivity index (χ1) is 8.22. The summed E-state index contributed by atoms with van der Waals surface area (Å²) in [5.74, 6) is -0.0920. The van der Waals surface area contributed by atoms with E-state index in [-0.39, 0.29) is 5.91 Å². The third-order valence-corrected chi connectivity index (χ3v) is 2.67. The van der Waals surface area contributed by atoms with Crippen molar-refractivity contribution in [2.24, 2.45) is 0 Å². The van der Waals surface area contributed by atoms with Gasteiger partial charge in [0, 0.05) is 17.2 Å². The molecule has 2 aromatic rings. The highest BCUT2D eigenvalue weighted by atomic mass is 16.1. The normalized spacial score (nSPS) is 11.5. The number of nitrogens with one attached hydrogen (secondary N) is 1. The van der Waals surface area contributed by atoms with Crippen LogP contribution in [0.1, 0.15) is 13.8 Å². The lowest BCUT2D eigenvalue weighted by molar-refractivity contribution is -0.112. The molecule has 1 amide bonds. The van der Waals surface area contributed by atoms with Crippen molar-refractivity contribution in [1.29, 1.82) is 0 Å². The van der Waals surface area contributed by atoms with Gasteiger partial charge in [-0.05, 0) is 26.0 Å². The van der Waals surface area contributed by atoms with Gasteiger partial charge in [0.15, 0.2) is 0 Å². The molecular weight excluding hydrogens is 212 g/mol. The molecular formula is C14H14N2O. The number of fused-ring (bicyclic) bond motifs is 1. The first-order valence-corrected chi connectivity index (χ1v) is 5.50. The van der Waals surface area contributed by atoms with Crippen molar-refractivity contribution in [1.82, 2.24) is 4.98 Å². The summed E-state index contributed by atoms with van der Waals surface area (Å²) < 4.78 is 0. The van der Waals surface area contributed by atoms with Gasteiger partial charge in [-0.3, -0.25) is 9.78 Å². The van der Waals surface area contributed by atoms with Crippen molar-refractivity contribution in [3.8, 4) is 0 Å². The molecule has 1 aromatic carbocycles. The monoisotopic (exact) mass is 226 g/mol. The molecule has 0 aliphatic heterocycles. The maximum atomic E-state index is 11.8. The van der Waals surface area contributed by atoms with Crippen LogP contribution in [0.5, 0.6) is 0 Å². The third-order valence-electron chi connectivity index (χ3n) is 2.67. The van der Waals surface area contributed by atoms with Gasteiger partial charge >= 0.3 is 0 Å². The minimum atomic E-state index is -0.0920. The number of nitrogens with zero attached hydrogens (tertiary/aromatic N) is 1. The highest BCUT2D eigenvalue weighted by Crippen LogP contribution is 2.20. The zero-order valence-corrected chi connectivity index (χ0v) is 9.90. The summed E-state index contributed by atoms with van der Waals surface area (Å²) >= 11 is 0. The fourth-order valence-electron chi connectivity index (χ4n) is 1.56. The molecule has 0 unspecified atom stereocenters. The van der Waals surface area contributed by atoms with Crippen molar-refractivity contribution in [3.63, 3.8) is 0 Å². The van der Waals surface area contributed by atoms with Crippen LogP contribution >= 0.6 is 0 Å². The van der Waals surface area contributed by atoms with Gasteiger partial charge in [0.05, 0.1) is 11.2 Å². The molecule has 0 saturated carbocycles. The maximum absolute atomic E-state index is 11.8. The molecule has 0 bridgehead atoms. The minimum absolute atomic E-state index is 0.0920. The van der Waals surface area contributed by atoms with Gasteiger partial charge < -0.3 is 5.32 Å². The summed E-state index contributed by atoms with van der Waals surface area (Å²) in [4.78, 5) is 16.1. The average Bonchev–Trinajstić information content (AvgIpc) is 2.38. The van der Waals surface area contributed by atoms with Crippen molar-refractivity contribution < 1.29 is 4.79 Å². The second kappa shape index (κ2) is 4.78. The van der Waals surface area contributed by atoms with Gasteiger partial charge in [-0.2, -0.15) is 0 Å². The number of aromatic nitrogens is 1. The Hall–Kier alpha value is -2.16. The summed E-state index contributed by atoms with van der Waals surface area (Å²) in [5.41, 5.74) is 2.25. The number of carbonyl (C=O) groups excluding carboxylic acids is 1. The second-order valence-electron chi connectivity index (χ2n) is 3.81. The predicted molar refractivity (Wildman–Crippen MR) is 69.8 cm³/mol. The lowest BCUT2D eigenvalue weighted by Crippen LogP contribution is -2.12. The molecule has 0 fully saturated rings. The fraction of sp³-hybridized carbons (Fsp3) is 0.143. The zero-order chi connectivity index (χ0) is 12.3. The third kappa shape index (κ3) is 2.33. The van der Waals surface area contributed by atoms with Crippen LogP contribution < -0.4 is 5.32 Å². The lowest BCUT2D eigenvalue weighted by atomic mass is 10.2. The number of allylic oxidation sites excluding steroid dienone is 1. The molecule has 1 heterocycles. The Bertz CT molecular complexity index is 582. The van der Waals surface area contributed by atoms with Crippen LogP contribution in [0.25, 0.3) is 10.9 Å². The van der Waals surface area contributed by atoms with Crippen LogP contribution in [-0.2, 0) is 4.79 Å². The number of hydrogen-bond acceptors (Lipinski definition) is 2. The molecule has 0 saturated heterocycles. The van der Waals surface area contributed by atoms with E-state index < -0.39 is 0 Å². The van der Waals surface area contributed by atoms with Gasteiger partial charge in [0.1, 0.15) is 0 Å². The summed E-state index contributed by atoms with van der Waals surface area (Å²) in [6, 6.07) is 9.59. The Morgan fingerprint density at radius 3 is 2.82 bits per heavy atom. The van der Waals surface area contributed by atoms with Crippen molar-refractivity contribution in [3.05, 3.63) is 48.2 Å². The van der Waals surface area contributed by atoms with Crippen molar-refractivity contribution >= 4 is 22.5 Å². The molecule has 2 rings (SSSR count). The number of pyridine rings is 1. The molecule has 86 valence electrons. The fourth-order valence-corrected chi connectivity index (χ4v) is 1.56. The van der Waals surface area contributed by atoms with E-state index in [0.29, 0.717) is 5.57 Å². The number of para-hydroxylation sites is 1. The van der Waals surface area contributed by atoms with Crippen molar-refractivity contribution in [2.45, 2.75) is 13.8 Å². The molecule has 0 radical (unpaired) electrons. The first-order valence-electron chi connectivity index (χ1n) is 5.50. The Morgan fingerprint density at radius 1 is 1.29 bits per heavy atom. The van der Waals surface area contributed by atoms with Crippen LogP contribution in [0.15, 0.2) is 48.2 Å². The largest absolute Gasteiger partial charge is 0.320 e. The number of amides is 1. The molecule has 3 nitrogen and oxygen atoms in total. The number of carbonyl (C=O) groups is 1. The number of anilines is 1. The number of rotatable bonds is 2. The molecule has 3 heteroatoms. The summed E-state index contributed by atoms with van der Waals surface area (Å²) in [6.45, 7) is 3.63. The topological polar surface area (TPSA) is 42.0 Å². The van der Waals surface area contributed by atoms with E-state index in [2.05, 4.69) is 10.3 Å². The van der Waals surface area contributed by atoms with Crippen LogP contribution in [0.4, 0.5) is 5.69 Å². The molecule has 0 atom stereocenters. The summed E-state index contributed by atoms with van der Waals surface area (Å²) in [6.07, 6.45) is 3.51. The first kappa shape index (κ1) is 11.3. The molecule has 17 heavy (non-hydrogen) atoms. The predicted octanol–water partition coefficient (Wildman–Crippen LogP) is 3.14. The Balaban J connectivity index is 2.40. The second-order valence-corrected chi connectivity index (χ2v) is 3.81. The van der Waals surface area contributed by atoms with E-state index >= 15 is 0 Å². The quantitative estimate of drug-likeness (QED) is 0.799. The van der Waals surface area contributed by atoms with Gasteiger partial charge in [-0.15, -0.1) is 0 Å². The Labute approximate surface area is 100 Å². The molecule has 1 N–H and O–H groups in total. The maximum Gasteiger partial charge on any atom is 0.251 e. The average molecular weight is 226 g/mol.